The molecule has 3 aromatic rings. The van der Waals surface area contributed by atoms with Gasteiger partial charge in [0.25, 0.3) is 0 Å². The van der Waals surface area contributed by atoms with E-state index in [1.54, 1.807) is 30.3 Å². The van der Waals surface area contributed by atoms with Gasteiger partial charge in [-0.25, -0.2) is 4.98 Å². The summed E-state index contributed by atoms with van der Waals surface area (Å²) in [6.45, 7) is 0.742. The van der Waals surface area contributed by atoms with Crippen molar-refractivity contribution < 1.29 is 13.9 Å². The van der Waals surface area contributed by atoms with Gasteiger partial charge in [0.2, 0.25) is 0 Å². The first-order valence-electron chi connectivity index (χ1n) is 9.02. The highest BCUT2D eigenvalue weighted by atomic mass is 19.3. The highest BCUT2D eigenvalue weighted by Crippen LogP contribution is 2.32. The van der Waals surface area contributed by atoms with Crippen LogP contribution in [0.15, 0.2) is 54.6 Å². The van der Waals surface area contributed by atoms with Crippen molar-refractivity contribution in [3.8, 4) is 5.75 Å². The molecule has 0 saturated carbocycles. The van der Waals surface area contributed by atoms with Gasteiger partial charge in [0.05, 0.1) is 17.1 Å². The van der Waals surface area contributed by atoms with E-state index >= 15 is 0 Å². The van der Waals surface area contributed by atoms with Gasteiger partial charge >= 0.3 is 6.55 Å². The Morgan fingerprint density at radius 2 is 1.81 bits per heavy atom. The molecule has 0 radical (unpaired) electrons. The molecule has 0 amide bonds. The number of alkyl halides is 2. The van der Waals surface area contributed by atoms with Gasteiger partial charge in [-0.3, -0.25) is 9.47 Å². The number of phenolic OH excluding ortho intramolecular Hbond substituents is 1. The van der Waals surface area contributed by atoms with E-state index in [1.165, 1.54) is 5.57 Å². The van der Waals surface area contributed by atoms with E-state index in [0.717, 1.165) is 23.1 Å². The number of hydrogen-bond donors (Lipinski definition) is 1. The molecule has 2 aromatic carbocycles. The first-order valence-corrected chi connectivity index (χ1v) is 9.02. The molecule has 2 heterocycles. The Hall–Kier alpha value is -2.73. The molecule has 4 nitrogen and oxygen atoms in total. The minimum atomic E-state index is -2.62. The van der Waals surface area contributed by atoms with E-state index in [4.69, 9.17) is 0 Å². The first-order chi connectivity index (χ1) is 13.0. The van der Waals surface area contributed by atoms with Crippen LogP contribution in [-0.4, -0.2) is 32.6 Å². The standard InChI is InChI=1S/C21H21F2N3O/c1-14(20-24-18-4-2-3-5-19(18)26(20)21(22)23)25-12-10-16(11-13-25)15-6-8-17(27)9-7-15/h2-10,14,21,27H,11-13H2,1H3. The van der Waals surface area contributed by atoms with Crippen molar-refractivity contribution >= 4 is 16.6 Å². The van der Waals surface area contributed by atoms with Crippen molar-refractivity contribution in [2.24, 2.45) is 0 Å². The zero-order valence-corrected chi connectivity index (χ0v) is 15.0. The summed E-state index contributed by atoms with van der Waals surface area (Å²) in [7, 11) is 0. The van der Waals surface area contributed by atoms with Crippen LogP contribution in [0.3, 0.4) is 0 Å². The fraction of sp³-hybridized carbons (Fsp3) is 0.286. The van der Waals surface area contributed by atoms with E-state index < -0.39 is 6.55 Å². The number of para-hydroxylation sites is 2. The molecule has 6 heteroatoms. The summed E-state index contributed by atoms with van der Waals surface area (Å²) in [5.74, 6) is 0.643. The average molecular weight is 369 g/mol. The molecule has 1 N–H and O–H groups in total. The lowest BCUT2D eigenvalue weighted by Crippen LogP contribution is -2.33. The largest absolute Gasteiger partial charge is 0.508 e. The normalized spacial score (nSPS) is 16.7. The molecule has 1 aliphatic heterocycles. The van der Waals surface area contributed by atoms with Gasteiger partial charge < -0.3 is 5.11 Å². The van der Waals surface area contributed by atoms with Crippen molar-refractivity contribution in [1.29, 1.82) is 0 Å². The number of phenols is 1. The number of rotatable bonds is 4. The predicted molar refractivity (Wildman–Crippen MR) is 102 cm³/mol. The number of hydrogen-bond acceptors (Lipinski definition) is 3. The second-order valence-corrected chi connectivity index (χ2v) is 6.80. The highest BCUT2D eigenvalue weighted by molar-refractivity contribution is 5.76. The van der Waals surface area contributed by atoms with Gasteiger partial charge in [-0.1, -0.05) is 30.3 Å². The van der Waals surface area contributed by atoms with E-state index in [0.29, 0.717) is 23.4 Å². The lowest BCUT2D eigenvalue weighted by atomic mass is 9.98. The van der Waals surface area contributed by atoms with Gasteiger partial charge in [0, 0.05) is 13.1 Å². The van der Waals surface area contributed by atoms with Gasteiger partial charge in [-0.15, -0.1) is 0 Å². The van der Waals surface area contributed by atoms with Crippen LogP contribution in [0.5, 0.6) is 5.75 Å². The Balaban J connectivity index is 1.59. The SMILES string of the molecule is CC(c1nc2ccccc2n1C(F)F)N1CC=C(c2ccc(O)cc2)CC1. The van der Waals surface area contributed by atoms with Crippen LogP contribution < -0.4 is 0 Å². The molecule has 4 rings (SSSR count). The minimum Gasteiger partial charge on any atom is -0.508 e. The Morgan fingerprint density at radius 1 is 1.07 bits per heavy atom. The molecule has 0 spiro atoms. The second kappa shape index (κ2) is 7.12. The Morgan fingerprint density at radius 3 is 2.48 bits per heavy atom. The van der Waals surface area contributed by atoms with E-state index in [9.17, 15) is 13.9 Å². The molecule has 0 bridgehead atoms. The molecule has 1 aliphatic rings. The first kappa shape index (κ1) is 17.7. The van der Waals surface area contributed by atoms with Crippen LogP contribution in [0.25, 0.3) is 16.6 Å². The van der Waals surface area contributed by atoms with Crippen molar-refractivity contribution in [1.82, 2.24) is 14.5 Å². The summed E-state index contributed by atoms with van der Waals surface area (Å²) < 4.78 is 28.5. The summed E-state index contributed by atoms with van der Waals surface area (Å²) in [6, 6.07) is 14.0. The predicted octanol–water partition coefficient (Wildman–Crippen LogP) is 4.99. The molecule has 0 saturated heterocycles. The van der Waals surface area contributed by atoms with Crippen LogP contribution in [0, 0.1) is 0 Å². The topological polar surface area (TPSA) is 41.3 Å². The molecule has 140 valence electrons. The van der Waals surface area contributed by atoms with Gasteiger partial charge in [0.1, 0.15) is 11.6 Å². The number of imidazole rings is 1. The Labute approximate surface area is 156 Å². The lowest BCUT2D eigenvalue weighted by Gasteiger charge is -2.31. The number of aromatic hydroxyl groups is 1. The van der Waals surface area contributed by atoms with E-state index in [1.807, 2.05) is 25.1 Å². The zero-order chi connectivity index (χ0) is 19.0. The highest BCUT2D eigenvalue weighted by Gasteiger charge is 2.27. The summed E-state index contributed by atoms with van der Waals surface area (Å²) in [4.78, 5) is 6.65. The molecule has 1 atom stereocenters. The summed E-state index contributed by atoms with van der Waals surface area (Å²) in [5, 5.41) is 9.43. The number of nitrogens with zero attached hydrogens (tertiary/aromatic N) is 3. The number of fused-ring (bicyclic) bond motifs is 1. The zero-order valence-electron chi connectivity index (χ0n) is 15.0. The van der Waals surface area contributed by atoms with Gasteiger partial charge in [0.15, 0.2) is 0 Å². The molecular formula is C21H21F2N3O. The molecule has 0 fully saturated rings. The van der Waals surface area contributed by atoms with Crippen molar-refractivity contribution in [2.75, 3.05) is 13.1 Å². The van der Waals surface area contributed by atoms with Gasteiger partial charge in [-0.05, 0) is 48.7 Å². The molecule has 1 aromatic heterocycles. The van der Waals surface area contributed by atoms with Crippen molar-refractivity contribution in [2.45, 2.75) is 25.9 Å². The Bertz CT molecular complexity index is 979. The fourth-order valence-electron chi connectivity index (χ4n) is 3.70. The molecular weight excluding hydrogens is 348 g/mol. The van der Waals surface area contributed by atoms with E-state index in [-0.39, 0.29) is 11.8 Å². The van der Waals surface area contributed by atoms with Crippen LogP contribution in [0.2, 0.25) is 0 Å². The van der Waals surface area contributed by atoms with Crippen LogP contribution in [-0.2, 0) is 0 Å². The number of aromatic nitrogens is 2. The third-order valence-electron chi connectivity index (χ3n) is 5.22. The maximum Gasteiger partial charge on any atom is 0.320 e. The van der Waals surface area contributed by atoms with Crippen LogP contribution in [0.4, 0.5) is 8.78 Å². The minimum absolute atomic E-state index is 0.219. The Kier molecular flexibility index (Phi) is 4.66. The van der Waals surface area contributed by atoms with Gasteiger partial charge in [-0.2, -0.15) is 8.78 Å². The molecule has 0 aliphatic carbocycles. The smallest absolute Gasteiger partial charge is 0.320 e. The number of benzene rings is 2. The van der Waals surface area contributed by atoms with E-state index in [2.05, 4.69) is 16.0 Å². The second-order valence-electron chi connectivity index (χ2n) is 6.80. The fourth-order valence-corrected chi connectivity index (χ4v) is 3.70. The summed E-state index contributed by atoms with van der Waals surface area (Å²) in [5.41, 5.74) is 3.35. The maximum atomic E-state index is 13.7. The monoisotopic (exact) mass is 369 g/mol. The van der Waals surface area contributed by atoms with Crippen molar-refractivity contribution in [3.63, 3.8) is 0 Å². The quantitative estimate of drug-likeness (QED) is 0.705. The molecule has 1 unspecified atom stereocenters. The van der Waals surface area contributed by atoms with Crippen LogP contribution >= 0.6 is 0 Å². The lowest BCUT2D eigenvalue weighted by molar-refractivity contribution is 0.0652. The average Bonchev–Trinajstić information content (AvgIpc) is 3.08. The third kappa shape index (κ3) is 3.32. The summed E-state index contributed by atoms with van der Waals surface area (Å²) >= 11 is 0. The van der Waals surface area contributed by atoms with Crippen molar-refractivity contribution in [3.05, 3.63) is 66.0 Å². The maximum absolute atomic E-state index is 13.7. The molecule has 27 heavy (non-hydrogen) atoms. The van der Waals surface area contributed by atoms with Crippen LogP contribution in [0.1, 0.15) is 37.3 Å². The third-order valence-corrected chi connectivity index (χ3v) is 5.22. The summed E-state index contributed by atoms with van der Waals surface area (Å²) in [6.07, 6.45) is 2.95. The number of halogens is 2.